The monoisotopic (exact) mass is 496 g/mol. The SMILES string of the molecule is [15NH2]c1[15n]c[15n]c2c1[15n]c[15n]2[C@H]1C[C@@H](O)[C@@H](COP(=O)(O)OP(=O)(O)OP(=O)(O)O)O1. The zero-order chi connectivity index (χ0) is 22.3. The van der Waals surface area contributed by atoms with Gasteiger partial charge in [0.05, 0.1) is 19.0 Å². The number of imidazole rings is 1. The Hall–Kier alpha value is -1.32. The number of hydrogen-bond acceptors (Lipinski definition) is 12. The van der Waals surface area contributed by atoms with Crippen LogP contribution in [0.25, 0.3) is 11.2 Å². The Bertz CT molecular complexity index is 1070. The van der Waals surface area contributed by atoms with Gasteiger partial charge in [-0.2, -0.15) is 8.62 Å². The zero-order valence-corrected chi connectivity index (χ0v) is 17.3. The third-order valence-electron chi connectivity index (χ3n) is 3.72. The summed E-state index contributed by atoms with van der Waals surface area (Å²) in [5.41, 5.74) is 6.31. The first-order valence-electron chi connectivity index (χ1n) is 7.81. The van der Waals surface area contributed by atoms with E-state index in [0.717, 1.165) is 0 Å². The lowest BCUT2D eigenvalue weighted by atomic mass is 10.2. The molecule has 0 amide bonds. The van der Waals surface area contributed by atoms with Crippen molar-refractivity contribution in [3.63, 3.8) is 0 Å². The number of phosphoric acid groups is 3. The predicted molar refractivity (Wildman–Crippen MR) is 94.1 cm³/mol. The quantitative estimate of drug-likeness (QED) is 0.197. The van der Waals surface area contributed by atoms with E-state index in [2.05, 4.69) is 28.1 Å². The number of nitrogens with zero attached hydrogens (tertiary/aromatic N) is 4. The molecule has 3 rings (SSSR count). The van der Waals surface area contributed by atoms with E-state index >= 15 is 0 Å². The fourth-order valence-corrected chi connectivity index (χ4v) is 5.62. The number of fused-ring (bicyclic) bond motifs is 1. The number of ether oxygens (including phenoxy) is 1. The van der Waals surface area contributed by atoms with Crippen molar-refractivity contribution in [2.45, 2.75) is 24.9 Å². The molecule has 20 heteroatoms. The maximum Gasteiger partial charge on any atom is 0.490 e. The van der Waals surface area contributed by atoms with Crippen LogP contribution in [-0.4, -0.2) is 63.0 Å². The Labute approximate surface area is 166 Å². The normalized spacial score (nSPS) is 26.5. The van der Waals surface area contributed by atoms with Gasteiger partial charge in [0, 0.05) is 6.42 Å². The first kappa shape index (κ1) is 23.3. The van der Waals surface area contributed by atoms with Crippen LogP contribution in [-0.2, 0) is 31.6 Å². The lowest BCUT2D eigenvalue weighted by Crippen LogP contribution is -2.26. The number of nitrogen functional groups attached to an aromatic ring is 1. The second-order valence-corrected chi connectivity index (χ2v) is 10.3. The van der Waals surface area contributed by atoms with E-state index in [1.165, 1.54) is 17.2 Å². The van der Waals surface area contributed by atoms with Crippen molar-refractivity contribution in [1.29, 1.82) is 0 Å². The molecule has 168 valence electrons. The standard InChI is InChI=1S/C10H16N5O12P3/c11-9-8-10(13-3-12-9)15(4-14-8)7-1-5(16)6(25-7)2-24-29(20,21)27-30(22,23)26-28(17,18)19/h3-7,16H,1-2H2,(H,20,21)(H,22,23)(H2,11,12,13)(H2,17,18,19)/t5-,6-,7-/m1/s1/i11+1,12+1,13+1,14+1,15+1. The van der Waals surface area contributed by atoms with Gasteiger partial charge in [0.2, 0.25) is 0 Å². The average molecular weight is 496 g/mol. The van der Waals surface area contributed by atoms with Crippen molar-refractivity contribution in [2.24, 2.45) is 0 Å². The minimum absolute atomic E-state index is 0.000206. The molecule has 0 aliphatic carbocycles. The summed E-state index contributed by atoms with van der Waals surface area (Å²) < 4.78 is 52.3. The average Bonchev–Trinajstić information content (AvgIpc) is 3.14. The van der Waals surface area contributed by atoms with Crippen molar-refractivity contribution in [3.8, 4) is 0 Å². The summed E-state index contributed by atoms with van der Waals surface area (Å²) in [5, 5.41) is 10.1. The zero-order valence-electron chi connectivity index (χ0n) is 14.6. The summed E-state index contributed by atoms with van der Waals surface area (Å²) in [5.74, 6) is 0.126. The molecule has 2 unspecified atom stereocenters. The molecule has 0 saturated carbocycles. The number of anilines is 1. The van der Waals surface area contributed by atoms with E-state index in [-0.39, 0.29) is 12.2 Å². The van der Waals surface area contributed by atoms with Crippen LogP contribution in [0.3, 0.4) is 0 Å². The topological polar surface area (TPSA) is 259 Å². The summed E-state index contributed by atoms with van der Waals surface area (Å²) in [4.78, 5) is 47.4. The molecule has 1 saturated heterocycles. The number of phosphoric ester groups is 1. The van der Waals surface area contributed by atoms with Gasteiger partial charge in [-0.05, 0) is 0 Å². The van der Waals surface area contributed by atoms with E-state index in [1.807, 2.05) is 0 Å². The molecule has 0 radical (unpaired) electrons. The Morgan fingerprint density at radius 1 is 1.13 bits per heavy atom. The summed E-state index contributed by atoms with van der Waals surface area (Å²) in [6, 6.07) is 0. The molecule has 1 aliphatic rings. The van der Waals surface area contributed by atoms with Crippen LogP contribution in [0.15, 0.2) is 12.7 Å². The molecule has 2 aromatic heterocycles. The van der Waals surface area contributed by atoms with Crippen LogP contribution in [0, 0.1) is 0 Å². The largest absolute Gasteiger partial charge is 0.490 e. The van der Waals surface area contributed by atoms with Gasteiger partial charge < -0.3 is 35.2 Å². The lowest BCUT2D eigenvalue weighted by Gasteiger charge is -2.19. The van der Waals surface area contributed by atoms with Crippen LogP contribution in [0.1, 0.15) is 12.6 Å². The fourth-order valence-electron chi connectivity index (χ4n) is 2.59. The van der Waals surface area contributed by atoms with Crippen molar-refractivity contribution < 1.29 is 56.3 Å². The molecule has 0 aromatic carbocycles. The third kappa shape index (κ3) is 5.68. The maximum absolute atomic E-state index is 11.8. The minimum atomic E-state index is -5.64. The van der Waals surface area contributed by atoms with E-state index in [4.69, 9.17) is 25.2 Å². The third-order valence-corrected chi connectivity index (χ3v) is 7.52. The van der Waals surface area contributed by atoms with E-state index in [9.17, 15) is 23.7 Å². The molecule has 5 atom stereocenters. The number of rotatable bonds is 8. The van der Waals surface area contributed by atoms with Crippen LogP contribution in [0.4, 0.5) is 5.82 Å². The fraction of sp³-hybridized carbons (Fsp3) is 0.500. The highest BCUT2D eigenvalue weighted by atomic mass is 31.3. The minimum Gasteiger partial charge on any atom is -0.390 e. The summed E-state index contributed by atoms with van der Waals surface area (Å²) >= 11 is 0. The van der Waals surface area contributed by atoms with Gasteiger partial charge in [0.15, 0.2) is 11.5 Å². The van der Waals surface area contributed by atoms with E-state index in [1.54, 1.807) is 0 Å². The molecule has 1 fully saturated rings. The van der Waals surface area contributed by atoms with Gasteiger partial charge in [0.25, 0.3) is 0 Å². The van der Waals surface area contributed by atoms with E-state index < -0.39 is 48.5 Å². The number of aliphatic hydroxyl groups excluding tert-OH is 1. The molecule has 30 heavy (non-hydrogen) atoms. The second kappa shape index (κ2) is 8.31. The molecule has 7 N–H and O–H groups in total. The van der Waals surface area contributed by atoms with Crippen LogP contribution in [0.2, 0.25) is 0 Å². The van der Waals surface area contributed by atoms with Crippen molar-refractivity contribution in [3.05, 3.63) is 12.7 Å². The van der Waals surface area contributed by atoms with Gasteiger partial charge in [-0.3, -0.25) is 9.09 Å². The Morgan fingerprint density at radius 3 is 2.50 bits per heavy atom. The highest BCUT2D eigenvalue weighted by Gasteiger charge is 2.43. The maximum atomic E-state index is 11.8. The second-order valence-electron chi connectivity index (χ2n) is 5.90. The first-order valence-corrected chi connectivity index (χ1v) is 12.3. The number of hydrogen-bond donors (Lipinski definition) is 6. The first-order chi connectivity index (χ1) is 13.8. The smallest absolute Gasteiger partial charge is 0.390 e. The van der Waals surface area contributed by atoms with Crippen LogP contribution >= 0.6 is 23.5 Å². The van der Waals surface area contributed by atoms with Gasteiger partial charge in [-0.1, -0.05) is 0 Å². The molecule has 0 spiro atoms. The molecular formula is C10H16N5O12P3. The van der Waals surface area contributed by atoms with E-state index in [0.29, 0.717) is 11.2 Å². The lowest BCUT2D eigenvalue weighted by molar-refractivity contribution is -0.0423. The van der Waals surface area contributed by atoms with Crippen molar-refractivity contribution >= 4 is 40.4 Å². The number of aromatic nitrogens is 4. The summed E-state index contributed by atoms with van der Waals surface area (Å²) in [6.07, 6.45) is -0.643. The van der Waals surface area contributed by atoms with Gasteiger partial charge in [-0.15, -0.1) is 0 Å². The molecule has 1 aliphatic heterocycles. The Kier molecular flexibility index (Phi) is 6.47. The number of aliphatic hydroxyl groups is 1. The van der Waals surface area contributed by atoms with Gasteiger partial charge in [-0.25, -0.2) is 28.6 Å². The molecule has 3 heterocycles. The van der Waals surface area contributed by atoms with Crippen LogP contribution in [0.5, 0.6) is 0 Å². The summed E-state index contributed by atoms with van der Waals surface area (Å²) in [7, 11) is -16.5. The molecule has 0 bridgehead atoms. The molecule has 2 aromatic rings. The summed E-state index contributed by atoms with van der Waals surface area (Å²) in [6.45, 7) is -0.787. The predicted octanol–water partition coefficient (Wildman–Crippen LogP) is -0.600. The highest BCUT2D eigenvalue weighted by Crippen LogP contribution is 2.66. The van der Waals surface area contributed by atoms with Crippen molar-refractivity contribution in [2.75, 3.05) is 12.3 Å². The number of nitrogens with two attached hydrogens (primary N) is 1. The van der Waals surface area contributed by atoms with Crippen LogP contribution < -0.4 is 5.73 Å². The Balaban J connectivity index is 1.64. The van der Waals surface area contributed by atoms with Gasteiger partial charge >= 0.3 is 23.5 Å². The highest BCUT2D eigenvalue weighted by molar-refractivity contribution is 7.66. The van der Waals surface area contributed by atoms with Crippen molar-refractivity contribution in [1.82, 2.24) is 19.5 Å². The Morgan fingerprint density at radius 2 is 1.83 bits per heavy atom. The molecule has 17 nitrogen and oxygen atoms in total. The van der Waals surface area contributed by atoms with Gasteiger partial charge in [0.1, 0.15) is 24.2 Å². The molecular weight excluding hydrogens is 480 g/mol.